The maximum Gasteiger partial charge on any atom is 0.116 e. The molecule has 0 heterocycles. The number of phenols is 2. The lowest BCUT2D eigenvalue weighted by molar-refractivity contribution is 0.474. The average Bonchev–Trinajstić information content (AvgIpc) is 3.01. The fourth-order valence-corrected chi connectivity index (χ4v) is 3.70. The number of fused-ring (bicyclic) bond motifs is 1. The maximum absolute atomic E-state index is 10.1. The Morgan fingerprint density at radius 2 is 1.62 bits per heavy atom. The summed E-state index contributed by atoms with van der Waals surface area (Å²) < 4.78 is 0. The molecule has 1 aliphatic carbocycles. The van der Waals surface area contributed by atoms with Gasteiger partial charge in [-0.25, -0.2) is 0 Å². The van der Waals surface area contributed by atoms with Crippen LogP contribution in [0, 0.1) is 18.3 Å². The zero-order chi connectivity index (χ0) is 18.3. The normalized spacial score (nSPS) is 12.8. The van der Waals surface area contributed by atoms with Gasteiger partial charge >= 0.3 is 0 Å². The lowest BCUT2D eigenvalue weighted by Crippen LogP contribution is -1.93. The van der Waals surface area contributed by atoms with Gasteiger partial charge in [0.05, 0.1) is 11.6 Å². The summed E-state index contributed by atoms with van der Waals surface area (Å²) in [6.45, 7) is 1.99. The summed E-state index contributed by atoms with van der Waals surface area (Å²) in [7, 11) is 0. The number of hydrogen-bond donors (Lipinski definition) is 2. The first-order chi connectivity index (χ1) is 12.6. The van der Waals surface area contributed by atoms with E-state index in [4.69, 9.17) is 0 Å². The van der Waals surface area contributed by atoms with Crippen LogP contribution in [-0.2, 0) is 6.42 Å². The monoisotopic (exact) mass is 339 g/mol. The Labute approximate surface area is 152 Å². The van der Waals surface area contributed by atoms with Crippen molar-refractivity contribution in [1.29, 1.82) is 5.26 Å². The van der Waals surface area contributed by atoms with E-state index in [1.807, 2.05) is 43.3 Å². The first kappa shape index (κ1) is 16.0. The molecule has 0 aromatic heterocycles. The molecule has 3 aromatic carbocycles. The Hall–Kier alpha value is -3.51. The van der Waals surface area contributed by atoms with E-state index < -0.39 is 0 Å². The van der Waals surface area contributed by atoms with E-state index in [2.05, 4.69) is 6.07 Å². The van der Waals surface area contributed by atoms with Crippen molar-refractivity contribution in [3.63, 3.8) is 0 Å². The minimum atomic E-state index is 0.220. The van der Waals surface area contributed by atoms with Crippen LogP contribution >= 0.6 is 0 Å². The molecule has 0 spiro atoms. The summed E-state index contributed by atoms with van der Waals surface area (Å²) in [5, 5.41) is 29.3. The highest BCUT2D eigenvalue weighted by Crippen LogP contribution is 2.45. The van der Waals surface area contributed by atoms with Gasteiger partial charge in [-0.2, -0.15) is 5.26 Å². The number of aromatic hydroxyl groups is 2. The molecule has 1 aliphatic rings. The van der Waals surface area contributed by atoms with Gasteiger partial charge in [-0.1, -0.05) is 30.3 Å². The number of aryl methyl sites for hydroxylation is 1. The molecule has 2 N–H and O–H groups in total. The van der Waals surface area contributed by atoms with Gasteiger partial charge < -0.3 is 10.2 Å². The van der Waals surface area contributed by atoms with E-state index in [1.165, 1.54) is 0 Å². The van der Waals surface area contributed by atoms with E-state index in [0.717, 1.165) is 45.4 Å². The highest BCUT2D eigenvalue weighted by Gasteiger charge is 2.27. The van der Waals surface area contributed by atoms with Crippen LogP contribution in [0.15, 0.2) is 60.7 Å². The second-order valence-electron chi connectivity index (χ2n) is 6.52. The van der Waals surface area contributed by atoms with Gasteiger partial charge in [0, 0.05) is 5.56 Å². The van der Waals surface area contributed by atoms with Crippen LogP contribution in [0.5, 0.6) is 11.5 Å². The first-order valence-corrected chi connectivity index (χ1v) is 8.43. The van der Waals surface area contributed by atoms with Crippen molar-refractivity contribution in [3.05, 3.63) is 94.0 Å². The van der Waals surface area contributed by atoms with Gasteiger partial charge in [0.1, 0.15) is 11.5 Å². The number of phenolic OH excluding ortho intramolecular Hbond substituents is 2. The molecule has 4 rings (SSSR count). The van der Waals surface area contributed by atoms with Gasteiger partial charge in [-0.05, 0) is 77.1 Å². The number of hydrogen-bond acceptors (Lipinski definition) is 3. The quantitative estimate of drug-likeness (QED) is 0.705. The van der Waals surface area contributed by atoms with Crippen LogP contribution in [0.25, 0.3) is 11.1 Å². The molecule has 3 nitrogen and oxygen atoms in total. The van der Waals surface area contributed by atoms with Crippen molar-refractivity contribution in [2.45, 2.75) is 13.3 Å². The largest absolute Gasteiger partial charge is 0.508 e. The number of benzene rings is 3. The van der Waals surface area contributed by atoms with Crippen molar-refractivity contribution in [2.24, 2.45) is 0 Å². The number of allylic oxidation sites excluding steroid dienone is 1. The summed E-state index contributed by atoms with van der Waals surface area (Å²) in [6, 6.07) is 20.5. The second-order valence-corrected chi connectivity index (χ2v) is 6.52. The molecule has 0 saturated heterocycles. The topological polar surface area (TPSA) is 64.2 Å². The first-order valence-electron chi connectivity index (χ1n) is 8.43. The maximum atomic E-state index is 10.1. The molecule has 0 unspecified atom stereocenters. The summed E-state index contributed by atoms with van der Waals surface area (Å²) in [6.07, 6.45) is 0.724. The van der Waals surface area contributed by atoms with Gasteiger partial charge in [0.2, 0.25) is 0 Å². The second kappa shape index (κ2) is 6.09. The van der Waals surface area contributed by atoms with Crippen molar-refractivity contribution in [3.8, 4) is 17.6 Å². The predicted octanol–water partition coefficient (Wildman–Crippen LogP) is 4.79. The lowest BCUT2D eigenvalue weighted by atomic mass is 9.91. The van der Waals surface area contributed by atoms with E-state index in [1.54, 1.807) is 24.3 Å². The molecule has 0 fully saturated rings. The Morgan fingerprint density at radius 3 is 2.35 bits per heavy atom. The Bertz CT molecular complexity index is 1090. The van der Waals surface area contributed by atoms with Gasteiger partial charge in [-0.15, -0.1) is 0 Å². The Kier molecular flexibility index (Phi) is 3.74. The van der Waals surface area contributed by atoms with Crippen LogP contribution in [-0.4, -0.2) is 10.2 Å². The van der Waals surface area contributed by atoms with Crippen LogP contribution < -0.4 is 0 Å². The third-order valence-corrected chi connectivity index (χ3v) is 4.92. The fraction of sp³-hybridized carbons (Fsp3) is 0.0870. The molecular weight excluding hydrogens is 322 g/mol. The van der Waals surface area contributed by atoms with Crippen LogP contribution in [0.3, 0.4) is 0 Å². The third-order valence-electron chi connectivity index (χ3n) is 4.92. The number of nitriles is 1. The fourth-order valence-electron chi connectivity index (χ4n) is 3.70. The van der Waals surface area contributed by atoms with Crippen LogP contribution in [0.4, 0.5) is 0 Å². The van der Waals surface area contributed by atoms with E-state index >= 15 is 0 Å². The minimum Gasteiger partial charge on any atom is -0.508 e. The molecule has 0 amide bonds. The number of nitrogens with zero attached hydrogens (tertiary/aromatic N) is 1. The van der Waals surface area contributed by atoms with Crippen molar-refractivity contribution >= 4 is 11.1 Å². The van der Waals surface area contributed by atoms with Crippen molar-refractivity contribution in [2.75, 3.05) is 0 Å². The standard InChI is InChI=1S/C23H17NO2/c1-14-10-18(26)11-22-20(14)12-21(15-6-8-17(25)9-7-15)23(22)19-5-3-2-4-16(19)13-24/h2-11,25-26H,12H2,1H3. The summed E-state index contributed by atoms with van der Waals surface area (Å²) in [4.78, 5) is 0. The summed E-state index contributed by atoms with van der Waals surface area (Å²) in [5.41, 5.74) is 7.69. The molecular formula is C23H17NO2. The number of rotatable bonds is 2. The van der Waals surface area contributed by atoms with Crippen LogP contribution in [0.2, 0.25) is 0 Å². The van der Waals surface area contributed by atoms with E-state index in [-0.39, 0.29) is 11.5 Å². The molecule has 0 radical (unpaired) electrons. The minimum absolute atomic E-state index is 0.220. The molecule has 126 valence electrons. The molecule has 0 aliphatic heterocycles. The van der Waals surface area contributed by atoms with Gasteiger partial charge in [0.25, 0.3) is 0 Å². The average molecular weight is 339 g/mol. The Balaban J connectivity index is 2.04. The molecule has 3 heteroatoms. The highest BCUT2D eigenvalue weighted by molar-refractivity contribution is 6.05. The van der Waals surface area contributed by atoms with Crippen molar-refractivity contribution < 1.29 is 10.2 Å². The van der Waals surface area contributed by atoms with Crippen molar-refractivity contribution in [1.82, 2.24) is 0 Å². The Morgan fingerprint density at radius 1 is 0.885 bits per heavy atom. The van der Waals surface area contributed by atoms with Gasteiger partial charge in [0.15, 0.2) is 0 Å². The summed E-state index contributed by atoms with van der Waals surface area (Å²) in [5.74, 6) is 0.442. The highest BCUT2D eigenvalue weighted by atomic mass is 16.3. The zero-order valence-electron chi connectivity index (χ0n) is 14.3. The zero-order valence-corrected chi connectivity index (χ0v) is 14.3. The molecule has 0 bridgehead atoms. The summed E-state index contributed by atoms with van der Waals surface area (Å²) >= 11 is 0. The van der Waals surface area contributed by atoms with Gasteiger partial charge in [-0.3, -0.25) is 0 Å². The van der Waals surface area contributed by atoms with Crippen LogP contribution in [0.1, 0.15) is 33.4 Å². The molecule has 26 heavy (non-hydrogen) atoms. The lowest BCUT2D eigenvalue weighted by Gasteiger charge is -2.12. The molecule has 3 aromatic rings. The van der Waals surface area contributed by atoms with E-state index in [0.29, 0.717) is 5.56 Å². The smallest absolute Gasteiger partial charge is 0.116 e. The SMILES string of the molecule is Cc1cc(O)cc2c1CC(c1ccc(O)cc1)=C2c1ccccc1C#N. The van der Waals surface area contributed by atoms with E-state index in [9.17, 15) is 15.5 Å². The molecule has 0 saturated carbocycles. The predicted molar refractivity (Wildman–Crippen MR) is 102 cm³/mol. The third kappa shape index (κ3) is 2.53. The molecule has 0 atom stereocenters.